The fourth-order valence-corrected chi connectivity index (χ4v) is 3.00. The zero-order valence-electron chi connectivity index (χ0n) is 10.5. The van der Waals surface area contributed by atoms with E-state index in [1.54, 1.807) is 12.1 Å². The first kappa shape index (κ1) is 14.8. The first-order valence-electron chi connectivity index (χ1n) is 6.05. The third-order valence-electron chi connectivity index (χ3n) is 3.24. The molecule has 8 heteroatoms. The van der Waals surface area contributed by atoms with Crippen molar-refractivity contribution in [1.29, 1.82) is 0 Å². The molecule has 112 valence electrons. The highest BCUT2D eigenvalue weighted by atomic mass is 127. The Morgan fingerprint density at radius 3 is 2.52 bits per heavy atom. The predicted octanol–water partition coefficient (Wildman–Crippen LogP) is 3.75. The maximum atomic E-state index is 12.9. The van der Waals surface area contributed by atoms with Crippen LogP contribution in [0, 0.1) is 9.39 Å². The summed E-state index contributed by atoms with van der Waals surface area (Å²) in [6.45, 7) is -0.507. The average Bonchev–Trinajstić information content (AvgIpc) is 2.76. The molecule has 3 rings (SSSR count). The summed E-state index contributed by atoms with van der Waals surface area (Å²) in [4.78, 5) is 0. The Hall–Kier alpha value is -1.16. The minimum absolute atomic E-state index is 0.142. The van der Waals surface area contributed by atoms with Crippen molar-refractivity contribution in [3.8, 4) is 11.3 Å². The number of aromatic nitrogens is 2. The van der Waals surface area contributed by atoms with Gasteiger partial charge in [0.15, 0.2) is 6.10 Å². The molecular formula is C13H9F4IN2O. The van der Waals surface area contributed by atoms with E-state index in [4.69, 9.17) is 4.74 Å². The lowest BCUT2D eigenvalue weighted by molar-refractivity contribution is -0.234. The van der Waals surface area contributed by atoms with E-state index >= 15 is 0 Å². The highest BCUT2D eigenvalue weighted by Crippen LogP contribution is 2.33. The lowest BCUT2D eigenvalue weighted by Crippen LogP contribution is -2.39. The summed E-state index contributed by atoms with van der Waals surface area (Å²) in [6.07, 6.45) is -6.26. The molecule has 1 aliphatic rings. The van der Waals surface area contributed by atoms with Gasteiger partial charge in [0.05, 0.1) is 22.4 Å². The molecule has 1 aromatic heterocycles. The van der Waals surface area contributed by atoms with Crippen molar-refractivity contribution in [1.82, 2.24) is 9.78 Å². The zero-order valence-corrected chi connectivity index (χ0v) is 12.7. The SMILES string of the molecule is Fc1ccc(-c2nn3c(c2I)COC(C(F)(F)F)C3)cc1. The quantitative estimate of drug-likeness (QED) is 0.527. The minimum Gasteiger partial charge on any atom is -0.360 e. The van der Waals surface area contributed by atoms with Gasteiger partial charge in [0.1, 0.15) is 11.5 Å². The number of hydrogen-bond acceptors (Lipinski definition) is 2. The highest BCUT2D eigenvalue weighted by molar-refractivity contribution is 14.1. The van der Waals surface area contributed by atoms with Gasteiger partial charge in [-0.05, 0) is 46.9 Å². The van der Waals surface area contributed by atoms with Crippen molar-refractivity contribution < 1.29 is 22.3 Å². The van der Waals surface area contributed by atoms with Crippen molar-refractivity contribution in [2.75, 3.05) is 0 Å². The molecule has 0 aliphatic carbocycles. The third-order valence-corrected chi connectivity index (χ3v) is 4.37. The van der Waals surface area contributed by atoms with Crippen LogP contribution in [0.4, 0.5) is 17.6 Å². The number of nitrogens with zero attached hydrogens (tertiary/aromatic N) is 2. The first-order valence-corrected chi connectivity index (χ1v) is 7.13. The molecule has 0 saturated carbocycles. The number of ether oxygens (including phenoxy) is 1. The molecule has 2 aromatic rings. The van der Waals surface area contributed by atoms with Crippen molar-refractivity contribution in [3.63, 3.8) is 0 Å². The zero-order chi connectivity index (χ0) is 15.2. The van der Waals surface area contributed by atoms with Crippen LogP contribution in [-0.2, 0) is 17.9 Å². The van der Waals surface area contributed by atoms with Crippen LogP contribution in [0.1, 0.15) is 5.69 Å². The van der Waals surface area contributed by atoms with Gasteiger partial charge in [-0.2, -0.15) is 18.3 Å². The molecule has 2 heterocycles. The Balaban J connectivity index is 1.97. The van der Waals surface area contributed by atoms with E-state index in [1.165, 1.54) is 16.8 Å². The van der Waals surface area contributed by atoms with E-state index in [0.717, 1.165) is 3.57 Å². The van der Waals surface area contributed by atoms with Gasteiger partial charge in [0.2, 0.25) is 0 Å². The topological polar surface area (TPSA) is 27.1 Å². The normalized spacial score (nSPS) is 18.6. The minimum atomic E-state index is -4.41. The van der Waals surface area contributed by atoms with Crippen molar-refractivity contribution in [3.05, 3.63) is 39.3 Å². The standard InChI is InChI=1S/C13H9F4IN2O/c14-8-3-1-7(2-4-8)12-11(18)9-6-21-10(13(15,16)17)5-20(9)19-12/h1-4,10H,5-6H2. The van der Waals surface area contributed by atoms with Crippen LogP contribution in [0.3, 0.4) is 0 Å². The summed E-state index contributed by atoms with van der Waals surface area (Å²) in [7, 11) is 0. The summed E-state index contributed by atoms with van der Waals surface area (Å²) in [5.74, 6) is -0.377. The molecule has 1 unspecified atom stereocenters. The second-order valence-corrected chi connectivity index (χ2v) is 5.72. The Morgan fingerprint density at radius 1 is 1.24 bits per heavy atom. The largest absolute Gasteiger partial charge is 0.416 e. The monoisotopic (exact) mass is 412 g/mol. The summed E-state index contributed by atoms with van der Waals surface area (Å²) >= 11 is 2.02. The van der Waals surface area contributed by atoms with Crippen LogP contribution in [0.25, 0.3) is 11.3 Å². The Kier molecular flexibility index (Phi) is 3.68. The fraction of sp³-hybridized carbons (Fsp3) is 0.308. The Labute approximate surface area is 131 Å². The van der Waals surface area contributed by atoms with E-state index in [0.29, 0.717) is 17.0 Å². The van der Waals surface area contributed by atoms with Crippen LogP contribution in [-0.4, -0.2) is 22.1 Å². The van der Waals surface area contributed by atoms with Crippen LogP contribution < -0.4 is 0 Å². The number of alkyl halides is 3. The molecule has 1 aliphatic heterocycles. The maximum absolute atomic E-state index is 12.9. The average molecular weight is 412 g/mol. The Bertz CT molecular complexity index is 666. The third kappa shape index (κ3) is 2.78. The summed E-state index contributed by atoms with van der Waals surface area (Å²) in [5, 5.41) is 4.22. The van der Waals surface area contributed by atoms with E-state index in [2.05, 4.69) is 5.10 Å². The number of rotatable bonds is 1. The van der Waals surface area contributed by atoms with Crippen molar-refractivity contribution in [2.45, 2.75) is 25.4 Å². The summed E-state index contributed by atoms with van der Waals surface area (Å²) < 4.78 is 58.0. The molecule has 21 heavy (non-hydrogen) atoms. The van der Waals surface area contributed by atoms with Gasteiger partial charge in [0, 0.05) is 5.56 Å². The van der Waals surface area contributed by atoms with Crippen molar-refractivity contribution >= 4 is 22.6 Å². The molecule has 0 spiro atoms. The molecule has 1 atom stereocenters. The molecule has 1 aromatic carbocycles. The predicted molar refractivity (Wildman–Crippen MR) is 75.0 cm³/mol. The molecule has 0 amide bonds. The lowest BCUT2D eigenvalue weighted by atomic mass is 10.1. The summed E-state index contributed by atoms with van der Waals surface area (Å²) in [5.41, 5.74) is 1.80. The van der Waals surface area contributed by atoms with Crippen LogP contribution in [0.2, 0.25) is 0 Å². The summed E-state index contributed by atoms with van der Waals surface area (Å²) in [6, 6.07) is 5.68. The van der Waals surface area contributed by atoms with Crippen molar-refractivity contribution in [2.24, 2.45) is 0 Å². The number of halogens is 5. The molecule has 0 N–H and O–H groups in total. The van der Waals surface area contributed by atoms with Gasteiger partial charge in [-0.15, -0.1) is 0 Å². The smallest absolute Gasteiger partial charge is 0.360 e. The van der Waals surface area contributed by atoms with Gasteiger partial charge in [-0.1, -0.05) is 0 Å². The molecule has 0 fully saturated rings. The van der Waals surface area contributed by atoms with Crippen LogP contribution >= 0.6 is 22.6 Å². The van der Waals surface area contributed by atoms with Gasteiger partial charge in [0.25, 0.3) is 0 Å². The molecular weight excluding hydrogens is 403 g/mol. The number of benzene rings is 1. The van der Waals surface area contributed by atoms with Gasteiger partial charge in [-0.25, -0.2) is 4.39 Å². The number of hydrogen-bond donors (Lipinski definition) is 0. The van der Waals surface area contributed by atoms with Gasteiger partial charge >= 0.3 is 6.18 Å². The fourth-order valence-electron chi connectivity index (χ4n) is 2.14. The van der Waals surface area contributed by atoms with E-state index in [-0.39, 0.29) is 19.0 Å². The van der Waals surface area contributed by atoms with E-state index in [1.807, 2.05) is 22.6 Å². The second-order valence-electron chi connectivity index (χ2n) is 4.64. The maximum Gasteiger partial charge on any atom is 0.416 e. The van der Waals surface area contributed by atoms with E-state index < -0.39 is 12.3 Å². The van der Waals surface area contributed by atoms with E-state index in [9.17, 15) is 17.6 Å². The first-order chi connectivity index (χ1) is 9.86. The van der Waals surface area contributed by atoms with Crippen LogP contribution in [0.5, 0.6) is 0 Å². The van der Waals surface area contributed by atoms with Gasteiger partial charge < -0.3 is 4.74 Å². The molecule has 0 bridgehead atoms. The molecule has 0 saturated heterocycles. The molecule has 0 radical (unpaired) electrons. The molecule has 3 nitrogen and oxygen atoms in total. The van der Waals surface area contributed by atoms with Gasteiger partial charge in [-0.3, -0.25) is 4.68 Å². The Morgan fingerprint density at radius 2 is 1.90 bits per heavy atom. The number of fused-ring (bicyclic) bond motifs is 1. The highest BCUT2D eigenvalue weighted by Gasteiger charge is 2.43. The lowest BCUT2D eigenvalue weighted by Gasteiger charge is -2.26. The second kappa shape index (κ2) is 5.24. The van der Waals surface area contributed by atoms with Crippen LogP contribution in [0.15, 0.2) is 24.3 Å².